The molecule has 0 radical (unpaired) electrons. The number of carbonyl (C=O) groups excluding carboxylic acids is 1. The normalized spacial score (nSPS) is 23.1. The highest BCUT2D eigenvalue weighted by atomic mass is 16.1. The van der Waals surface area contributed by atoms with E-state index in [1.54, 1.807) is 0 Å². The summed E-state index contributed by atoms with van der Waals surface area (Å²) in [4.78, 5) is 16.5. The van der Waals surface area contributed by atoms with E-state index in [-0.39, 0.29) is 5.91 Å². The van der Waals surface area contributed by atoms with Gasteiger partial charge in [0.25, 0.3) is 0 Å². The molecule has 1 amide bonds. The summed E-state index contributed by atoms with van der Waals surface area (Å²) in [5, 5.41) is 12.3. The Morgan fingerprint density at radius 1 is 1.43 bits per heavy atom. The standard InChI is InChI=1S/C16H14N4O/c17-8-11-2-3-13-12(6-11)7-15(21)19-16(13)4-1-5-20-10-18-9-14(16)20/h2-3,6,9-10H,1,4-5,7H2,(H,19,21). The minimum atomic E-state index is -0.493. The molecule has 1 aromatic carbocycles. The lowest BCUT2D eigenvalue weighted by Gasteiger charge is -2.42. The highest BCUT2D eigenvalue weighted by Crippen LogP contribution is 2.41. The Balaban J connectivity index is 1.97. The topological polar surface area (TPSA) is 70.7 Å². The molecular formula is C16H14N4O. The number of nitrogens with zero attached hydrogens (tertiary/aromatic N) is 3. The van der Waals surface area contributed by atoms with Gasteiger partial charge in [0.05, 0.1) is 36.3 Å². The predicted molar refractivity (Wildman–Crippen MR) is 75.2 cm³/mol. The molecule has 2 aromatic rings. The third-order valence-corrected chi connectivity index (χ3v) is 4.50. The van der Waals surface area contributed by atoms with Gasteiger partial charge in [-0.05, 0) is 36.1 Å². The predicted octanol–water partition coefficient (Wildman–Crippen LogP) is 1.46. The summed E-state index contributed by atoms with van der Waals surface area (Å²) >= 11 is 0. The van der Waals surface area contributed by atoms with E-state index in [0.717, 1.165) is 36.2 Å². The first-order valence-electron chi connectivity index (χ1n) is 7.08. The summed E-state index contributed by atoms with van der Waals surface area (Å²) in [6.07, 6.45) is 5.85. The number of aromatic nitrogens is 2. The average Bonchev–Trinajstić information content (AvgIpc) is 2.96. The van der Waals surface area contributed by atoms with Gasteiger partial charge in [0.1, 0.15) is 5.54 Å². The lowest BCUT2D eigenvalue weighted by Crippen LogP contribution is -2.53. The van der Waals surface area contributed by atoms with Gasteiger partial charge in [0.15, 0.2) is 0 Å². The van der Waals surface area contributed by atoms with E-state index < -0.39 is 5.54 Å². The zero-order chi connectivity index (χ0) is 14.4. The summed E-state index contributed by atoms with van der Waals surface area (Å²) in [5.41, 5.74) is 3.19. The van der Waals surface area contributed by atoms with E-state index in [1.807, 2.05) is 30.7 Å². The van der Waals surface area contributed by atoms with E-state index in [4.69, 9.17) is 5.26 Å². The smallest absolute Gasteiger partial charge is 0.225 e. The highest BCUT2D eigenvalue weighted by Gasteiger charge is 2.44. The third-order valence-electron chi connectivity index (χ3n) is 4.50. The van der Waals surface area contributed by atoms with Crippen molar-refractivity contribution in [1.29, 1.82) is 5.26 Å². The minimum absolute atomic E-state index is 0.00670. The Kier molecular flexibility index (Phi) is 2.43. The number of aryl methyl sites for hydroxylation is 1. The summed E-state index contributed by atoms with van der Waals surface area (Å²) in [6, 6.07) is 7.80. The van der Waals surface area contributed by atoms with Crippen LogP contribution in [0.25, 0.3) is 0 Å². The number of hydrogen-bond acceptors (Lipinski definition) is 3. The minimum Gasteiger partial charge on any atom is -0.341 e. The first-order valence-corrected chi connectivity index (χ1v) is 7.08. The number of nitrogens with one attached hydrogen (secondary N) is 1. The van der Waals surface area contributed by atoms with Crippen LogP contribution in [0.1, 0.15) is 35.2 Å². The molecule has 1 aromatic heterocycles. The molecule has 1 atom stereocenters. The average molecular weight is 278 g/mol. The molecule has 5 heteroatoms. The van der Waals surface area contributed by atoms with Gasteiger partial charge in [0.2, 0.25) is 5.91 Å². The van der Waals surface area contributed by atoms with Crippen LogP contribution >= 0.6 is 0 Å². The van der Waals surface area contributed by atoms with Crippen LogP contribution in [-0.4, -0.2) is 15.5 Å². The number of hydrogen-bond donors (Lipinski definition) is 1. The van der Waals surface area contributed by atoms with Crippen LogP contribution in [0.15, 0.2) is 30.7 Å². The second kappa shape index (κ2) is 4.19. The van der Waals surface area contributed by atoms with Crippen LogP contribution in [0.3, 0.4) is 0 Å². The van der Waals surface area contributed by atoms with Crippen LogP contribution in [0.4, 0.5) is 0 Å². The molecule has 0 bridgehead atoms. The second-order valence-corrected chi connectivity index (χ2v) is 5.69. The first-order chi connectivity index (χ1) is 10.2. The molecule has 3 heterocycles. The number of imidazole rings is 1. The zero-order valence-electron chi connectivity index (χ0n) is 11.5. The summed E-state index contributed by atoms with van der Waals surface area (Å²) < 4.78 is 2.11. The van der Waals surface area contributed by atoms with Gasteiger partial charge < -0.3 is 9.88 Å². The Bertz CT molecular complexity index is 786. The maximum atomic E-state index is 12.2. The maximum Gasteiger partial charge on any atom is 0.225 e. The van der Waals surface area contributed by atoms with Gasteiger partial charge in [-0.3, -0.25) is 4.79 Å². The Hall–Kier alpha value is -2.61. The van der Waals surface area contributed by atoms with Crippen molar-refractivity contribution in [2.45, 2.75) is 31.3 Å². The van der Waals surface area contributed by atoms with E-state index in [1.165, 1.54) is 0 Å². The molecule has 1 unspecified atom stereocenters. The fourth-order valence-corrected chi connectivity index (χ4v) is 3.64. The van der Waals surface area contributed by atoms with E-state index in [0.29, 0.717) is 12.0 Å². The molecule has 4 rings (SSSR count). The third kappa shape index (κ3) is 1.62. The van der Waals surface area contributed by atoms with E-state index >= 15 is 0 Å². The maximum absolute atomic E-state index is 12.2. The largest absolute Gasteiger partial charge is 0.341 e. The molecule has 0 aliphatic carbocycles. The molecular weight excluding hydrogens is 264 g/mol. The summed E-state index contributed by atoms with van der Waals surface area (Å²) in [6.45, 7) is 0.929. The molecule has 0 fully saturated rings. The van der Waals surface area contributed by atoms with Crippen molar-refractivity contribution in [3.63, 3.8) is 0 Å². The molecule has 5 nitrogen and oxygen atoms in total. The monoisotopic (exact) mass is 278 g/mol. The Morgan fingerprint density at radius 2 is 2.33 bits per heavy atom. The number of benzene rings is 1. The van der Waals surface area contributed by atoms with Crippen molar-refractivity contribution in [3.05, 3.63) is 53.1 Å². The Labute approximate surface area is 122 Å². The lowest BCUT2D eigenvalue weighted by atomic mass is 9.75. The van der Waals surface area contributed by atoms with Crippen molar-refractivity contribution < 1.29 is 4.79 Å². The van der Waals surface area contributed by atoms with Crippen molar-refractivity contribution in [3.8, 4) is 6.07 Å². The molecule has 2 aliphatic rings. The van der Waals surface area contributed by atoms with Gasteiger partial charge in [0, 0.05) is 6.54 Å². The molecule has 0 saturated heterocycles. The Morgan fingerprint density at radius 3 is 3.19 bits per heavy atom. The van der Waals surface area contributed by atoms with Crippen LogP contribution in [-0.2, 0) is 23.3 Å². The molecule has 1 N–H and O–H groups in total. The van der Waals surface area contributed by atoms with Crippen LogP contribution in [0.5, 0.6) is 0 Å². The highest BCUT2D eigenvalue weighted by molar-refractivity contribution is 5.83. The number of carbonyl (C=O) groups is 1. The fraction of sp³-hybridized carbons (Fsp3) is 0.312. The van der Waals surface area contributed by atoms with Crippen LogP contribution in [0, 0.1) is 11.3 Å². The SMILES string of the molecule is N#Cc1ccc2c(c1)CC(=O)NC21CCCn2cncc21. The summed E-state index contributed by atoms with van der Waals surface area (Å²) in [7, 11) is 0. The number of nitriles is 1. The van der Waals surface area contributed by atoms with Crippen molar-refractivity contribution in [1.82, 2.24) is 14.9 Å². The van der Waals surface area contributed by atoms with Gasteiger partial charge >= 0.3 is 0 Å². The number of fused-ring (bicyclic) bond motifs is 4. The van der Waals surface area contributed by atoms with E-state index in [9.17, 15) is 4.79 Å². The van der Waals surface area contributed by atoms with Crippen LogP contribution < -0.4 is 5.32 Å². The van der Waals surface area contributed by atoms with Crippen molar-refractivity contribution in [2.24, 2.45) is 0 Å². The quantitative estimate of drug-likeness (QED) is 0.793. The fourth-order valence-electron chi connectivity index (χ4n) is 3.64. The van der Waals surface area contributed by atoms with Gasteiger partial charge in [-0.1, -0.05) is 6.07 Å². The second-order valence-electron chi connectivity index (χ2n) is 5.69. The molecule has 21 heavy (non-hydrogen) atoms. The molecule has 104 valence electrons. The van der Waals surface area contributed by atoms with Gasteiger partial charge in [-0.15, -0.1) is 0 Å². The van der Waals surface area contributed by atoms with Crippen molar-refractivity contribution in [2.75, 3.05) is 0 Å². The molecule has 0 saturated carbocycles. The van der Waals surface area contributed by atoms with Crippen molar-refractivity contribution >= 4 is 5.91 Å². The number of amides is 1. The lowest BCUT2D eigenvalue weighted by molar-refractivity contribution is -0.123. The summed E-state index contributed by atoms with van der Waals surface area (Å²) in [5.74, 6) is 0.00670. The molecule has 1 spiro atoms. The van der Waals surface area contributed by atoms with E-state index in [2.05, 4.69) is 20.9 Å². The van der Waals surface area contributed by atoms with Crippen LogP contribution in [0.2, 0.25) is 0 Å². The zero-order valence-corrected chi connectivity index (χ0v) is 11.5. The number of rotatable bonds is 0. The van der Waals surface area contributed by atoms with Gasteiger partial charge in [-0.2, -0.15) is 5.26 Å². The van der Waals surface area contributed by atoms with Gasteiger partial charge in [-0.25, -0.2) is 4.98 Å². The molecule has 2 aliphatic heterocycles. The first kappa shape index (κ1) is 12.2.